The smallest absolute Gasteiger partial charge is 0.237 e. The van der Waals surface area contributed by atoms with Crippen molar-refractivity contribution in [3.63, 3.8) is 0 Å². The minimum Gasteiger partial charge on any atom is -0.324 e. The first-order valence-electron chi connectivity index (χ1n) is 5.30. The second kappa shape index (κ2) is 4.98. The van der Waals surface area contributed by atoms with Crippen LogP contribution in [-0.2, 0) is 11.2 Å². The molecule has 88 valence electrons. The zero-order valence-electron chi connectivity index (χ0n) is 9.40. The Morgan fingerprint density at radius 1 is 1.33 bits per heavy atom. The summed E-state index contributed by atoms with van der Waals surface area (Å²) < 4.78 is 0. The van der Waals surface area contributed by atoms with Gasteiger partial charge in [-0.1, -0.05) is 12.1 Å². The fraction of sp³-hybridized carbons (Fsp3) is 0.167. The fourth-order valence-electron chi connectivity index (χ4n) is 1.69. The lowest BCUT2D eigenvalue weighted by atomic mass is 10.0. The number of aryl methyl sites for hydroxylation is 1. The molecule has 0 bridgehead atoms. The van der Waals surface area contributed by atoms with Gasteiger partial charge in [0.25, 0.3) is 0 Å². The summed E-state index contributed by atoms with van der Waals surface area (Å²) in [6.45, 7) is 0. The summed E-state index contributed by atoms with van der Waals surface area (Å²) >= 11 is 0. The first-order valence-corrected chi connectivity index (χ1v) is 5.30. The molecule has 1 aliphatic rings. The molecular formula is C12H9N5O. The van der Waals surface area contributed by atoms with E-state index in [4.69, 9.17) is 10.5 Å². The maximum atomic E-state index is 11.3. The van der Waals surface area contributed by atoms with E-state index in [0.717, 1.165) is 5.56 Å². The van der Waals surface area contributed by atoms with E-state index in [1.165, 1.54) is 0 Å². The van der Waals surface area contributed by atoms with E-state index in [9.17, 15) is 4.79 Å². The number of hydrazone groups is 1. The molecule has 0 spiro atoms. The molecule has 1 heterocycles. The highest BCUT2D eigenvalue weighted by atomic mass is 16.1. The highest BCUT2D eigenvalue weighted by Gasteiger charge is 2.17. The van der Waals surface area contributed by atoms with Crippen molar-refractivity contribution in [2.24, 2.45) is 5.10 Å². The minimum atomic E-state index is -0.269. The highest BCUT2D eigenvalue weighted by molar-refractivity contribution is 6.10. The number of hydrogen-bond acceptors (Lipinski definition) is 5. The van der Waals surface area contributed by atoms with Crippen LogP contribution in [0.2, 0.25) is 0 Å². The van der Waals surface area contributed by atoms with E-state index in [-0.39, 0.29) is 11.6 Å². The average molecular weight is 239 g/mol. The maximum Gasteiger partial charge on any atom is 0.237 e. The molecule has 0 saturated carbocycles. The van der Waals surface area contributed by atoms with Crippen LogP contribution >= 0.6 is 0 Å². The monoisotopic (exact) mass is 239 g/mol. The van der Waals surface area contributed by atoms with Gasteiger partial charge in [-0.25, -0.2) is 0 Å². The second-order valence-electron chi connectivity index (χ2n) is 3.68. The van der Waals surface area contributed by atoms with Crippen molar-refractivity contribution in [3.8, 4) is 12.1 Å². The number of para-hydroxylation sites is 1. The van der Waals surface area contributed by atoms with Crippen LogP contribution in [0.15, 0.2) is 23.3 Å². The molecule has 0 saturated heterocycles. The number of rotatable bonds is 2. The normalized spacial score (nSPS) is 12.4. The maximum absolute atomic E-state index is 11.3. The number of benzene rings is 1. The summed E-state index contributed by atoms with van der Waals surface area (Å²) in [5.74, 6) is -0.0541. The molecule has 0 unspecified atom stereocenters. The molecule has 2 rings (SSSR count). The van der Waals surface area contributed by atoms with E-state index >= 15 is 0 Å². The van der Waals surface area contributed by atoms with Gasteiger partial charge in [0.15, 0.2) is 0 Å². The van der Waals surface area contributed by atoms with Crippen molar-refractivity contribution in [2.75, 3.05) is 10.7 Å². The largest absolute Gasteiger partial charge is 0.324 e. The van der Waals surface area contributed by atoms with Crippen molar-refractivity contribution in [1.82, 2.24) is 0 Å². The lowest BCUT2D eigenvalue weighted by molar-refractivity contribution is -0.116. The van der Waals surface area contributed by atoms with Crippen LogP contribution in [0.4, 0.5) is 11.4 Å². The third-order valence-electron chi connectivity index (χ3n) is 2.54. The first-order chi connectivity index (χ1) is 8.74. The zero-order valence-corrected chi connectivity index (χ0v) is 9.40. The van der Waals surface area contributed by atoms with Gasteiger partial charge in [-0.15, -0.1) is 0 Å². The predicted octanol–water partition coefficient (Wildman–Crippen LogP) is 1.39. The molecule has 1 aromatic rings. The number of fused-ring (bicyclic) bond motifs is 1. The van der Waals surface area contributed by atoms with E-state index < -0.39 is 0 Å². The standard InChI is InChI=1S/C12H9N5O/c13-6-9(7-14)16-17-10-3-1-2-8-4-5-11(18)15-12(8)10/h1-3,17H,4-5H2,(H,15,18). The number of nitrogens with zero attached hydrogens (tertiary/aromatic N) is 3. The van der Waals surface area contributed by atoms with Crippen LogP contribution in [-0.4, -0.2) is 11.6 Å². The van der Waals surface area contributed by atoms with E-state index in [0.29, 0.717) is 24.2 Å². The molecule has 6 nitrogen and oxygen atoms in total. The Morgan fingerprint density at radius 3 is 2.83 bits per heavy atom. The van der Waals surface area contributed by atoms with Gasteiger partial charge in [0.1, 0.15) is 12.1 Å². The first kappa shape index (κ1) is 11.6. The summed E-state index contributed by atoms with van der Waals surface area (Å²) in [4.78, 5) is 11.3. The van der Waals surface area contributed by atoms with E-state index in [1.54, 1.807) is 18.2 Å². The Balaban J connectivity index is 2.31. The van der Waals surface area contributed by atoms with Crippen molar-refractivity contribution in [3.05, 3.63) is 23.8 Å². The van der Waals surface area contributed by atoms with Crippen molar-refractivity contribution < 1.29 is 4.79 Å². The summed E-state index contributed by atoms with van der Waals surface area (Å²) in [7, 11) is 0. The van der Waals surface area contributed by atoms with Gasteiger partial charge in [-0.05, 0) is 18.1 Å². The number of nitrogens with one attached hydrogen (secondary N) is 2. The molecule has 0 aliphatic carbocycles. The van der Waals surface area contributed by atoms with Gasteiger partial charge in [0.2, 0.25) is 11.6 Å². The molecule has 0 aromatic heterocycles. The Morgan fingerprint density at radius 2 is 2.11 bits per heavy atom. The summed E-state index contributed by atoms with van der Waals surface area (Å²) in [5, 5.41) is 23.6. The zero-order chi connectivity index (χ0) is 13.0. The lowest BCUT2D eigenvalue weighted by Crippen LogP contribution is -2.20. The number of hydrogen-bond donors (Lipinski definition) is 2. The molecule has 1 aliphatic heterocycles. The van der Waals surface area contributed by atoms with Crippen LogP contribution in [0, 0.1) is 22.7 Å². The predicted molar refractivity (Wildman–Crippen MR) is 65.7 cm³/mol. The molecule has 0 fully saturated rings. The molecule has 1 aromatic carbocycles. The van der Waals surface area contributed by atoms with Crippen molar-refractivity contribution in [1.29, 1.82) is 10.5 Å². The van der Waals surface area contributed by atoms with E-state index in [1.807, 2.05) is 12.1 Å². The third kappa shape index (κ3) is 2.28. The van der Waals surface area contributed by atoms with Gasteiger partial charge in [-0.2, -0.15) is 15.6 Å². The highest BCUT2D eigenvalue weighted by Crippen LogP contribution is 2.30. The third-order valence-corrected chi connectivity index (χ3v) is 2.54. The molecular weight excluding hydrogens is 230 g/mol. The Kier molecular flexibility index (Phi) is 3.22. The average Bonchev–Trinajstić information content (AvgIpc) is 2.40. The molecule has 18 heavy (non-hydrogen) atoms. The Bertz CT molecular complexity index is 590. The molecule has 0 radical (unpaired) electrons. The van der Waals surface area contributed by atoms with Crippen LogP contribution in [0.5, 0.6) is 0 Å². The SMILES string of the molecule is N#CC(C#N)=NNc1cccc2c1NC(=O)CC2. The van der Waals surface area contributed by atoms with E-state index in [2.05, 4.69) is 15.8 Å². The summed E-state index contributed by atoms with van der Waals surface area (Å²) in [5.41, 5.74) is 4.59. The number of carbonyl (C=O) groups excluding carboxylic acids is 1. The van der Waals surface area contributed by atoms with Crippen LogP contribution in [0.25, 0.3) is 0 Å². The molecule has 0 atom stereocenters. The molecule has 2 N–H and O–H groups in total. The molecule has 1 amide bonds. The fourth-order valence-corrected chi connectivity index (χ4v) is 1.69. The number of carbonyl (C=O) groups is 1. The number of nitriles is 2. The number of amides is 1. The van der Waals surface area contributed by atoms with Crippen molar-refractivity contribution in [2.45, 2.75) is 12.8 Å². The van der Waals surface area contributed by atoms with Gasteiger partial charge in [0.05, 0.1) is 11.4 Å². The van der Waals surface area contributed by atoms with Gasteiger partial charge >= 0.3 is 0 Å². The van der Waals surface area contributed by atoms with Gasteiger partial charge < -0.3 is 5.32 Å². The topological polar surface area (TPSA) is 101 Å². The Hall–Kier alpha value is -2.86. The van der Waals surface area contributed by atoms with Crippen LogP contribution < -0.4 is 10.7 Å². The lowest BCUT2D eigenvalue weighted by Gasteiger charge is -2.19. The molecule has 6 heteroatoms. The Labute approximate surface area is 104 Å². The quantitative estimate of drug-likeness (QED) is 0.601. The van der Waals surface area contributed by atoms with Crippen molar-refractivity contribution >= 4 is 23.0 Å². The summed E-state index contributed by atoms with van der Waals surface area (Å²) in [6, 6.07) is 8.76. The van der Waals surface area contributed by atoms with Gasteiger partial charge in [0, 0.05) is 6.42 Å². The van der Waals surface area contributed by atoms with Gasteiger partial charge in [-0.3, -0.25) is 10.2 Å². The second-order valence-corrected chi connectivity index (χ2v) is 3.68. The summed E-state index contributed by atoms with van der Waals surface area (Å²) in [6.07, 6.45) is 1.13. The number of anilines is 2. The minimum absolute atomic E-state index is 0.0541. The van der Waals surface area contributed by atoms with Crippen LogP contribution in [0.1, 0.15) is 12.0 Å². The van der Waals surface area contributed by atoms with Crippen LogP contribution in [0.3, 0.4) is 0 Å².